The summed E-state index contributed by atoms with van der Waals surface area (Å²) in [5, 5.41) is 7.01. The van der Waals surface area contributed by atoms with E-state index >= 15 is 0 Å². The molecule has 0 spiro atoms. The molecule has 0 amide bonds. The molecule has 0 bridgehead atoms. The normalized spacial score (nSPS) is 25.1. The van der Waals surface area contributed by atoms with Gasteiger partial charge in [-0.2, -0.15) is 0 Å². The summed E-state index contributed by atoms with van der Waals surface area (Å²) in [6, 6.07) is 0. The van der Waals surface area contributed by atoms with Crippen molar-refractivity contribution in [3.05, 3.63) is 16.1 Å². The second-order valence-electron chi connectivity index (χ2n) is 5.34. The number of hydrogen-bond donors (Lipinski definition) is 1. The lowest BCUT2D eigenvalue weighted by molar-refractivity contribution is 0.281. The second-order valence-corrected chi connectivity index (χ2v) is 6.29. The Labute approximate surface area is 109 Å². The third kappa shape index (κ3) is 4.07. The molecule has 1 aromatic heterocycles. The average Bonchev–Trinajstić information content (AvgIpc) is 2.80. The summed E-state index contributed by atoms with van der Waals surface area (Å²) in [4.78, 5) is 4.58. The predicted octanol–water partition coefficient (Wildman–Crippen LogP) is 3.62. The average molecular weight is 252 g/mol. The summed E-state index contributed by atoms with van der Waals surface area (Å²) in [5.74, 6) is 1.85. The van der Waals surface area contributed by atoms with Gasteiger partial charge in [0.15, 0.2) is 0 Å². The highest BCUT2D eigenvalue weighted by atomic mass is 32.1. The minimum absolute atomic E-state index is 0.899. The van der Waals surface area contributed by atoms with Crippen molar-refractivity contribution in [3.8, 4) is 0 Å². The highest BCUT2D eigenvalue weighted by molar-refractivity contribution is 7.09. The summed E-state index contributed by atoms with van der Waals surface area (Å²) in [6.45, 7) is 6.67. The summed E-state index contributed by atoms with van der Waals surface area (Å²) in [7, 11) is 0. The quantitative estimate of drug-likeness (QED) is 0.865. The maximum absolute atomic E-state index is 4.58. The molecule has 0 atom stereocenters. The van der Waals surface area contributed by atoms with Crippen LogP contribution in [-0.2, 0) is 13.0 Å². The van der Waals surface area contributed by atoms with E-state index in [-0.39, 0.29) is 0 Å². The van der Waals surface area contributed by atoms with Gasteiger partial charge in [0.05, 0.1) is 10.7 Å². The Balaban J connectivity index is 1.65. The van der Waals surface area contributed by atoms with Crippen LogP contribution in [0.15, 0.2) is 5.38 Å². The first-order chi connectivity index (χ1) is 8.28. The number of thiazole rings is 1. The molecule has 1 heterocycles. The molecule has 3 heteroatoms. The van der Waals surface area contributed by atoms with Crippen LogP contribution in [0.25, 0.3) is 0 Å². The maximum atomic E-state index is 4.58. The van der Waals surface area contributed by atoms with Gasteiger partial charge in [-0.1, -0.05) is 26.7 Å². The first-order valence-corrected chi connectivity index (χ1v) is 7.80. The Morgan fingerprint density at radius 3 is 2.76 bits per heavy atom. The SMILES string of the molecule is CCc1nc(CNCC2CCC(C)CC2)cs1. The van der Waals surface area contributed by atoms with Crippen molar-refractivity contribution in [1.29, 1.82) is 0 Å². The third-order valence-electron chi connectivity index (χ3n) is 3.78. The van der Waals surface area contributed by atoms with Crippen molar-refractivity contribution in [2.75, 3.05) is 6.54 Å². The zero-order valence-electron chi connectivity index (χ0n) is 11.0. The molecular weight excluding hydrogens is 228 g/mol. The summed E-state index contributed by atoms with van der Waals surface area (Å²) >= 11 is 1.78. The van der Waals surface area contributed by atoms with Crippen LogP contribution in [0.3, 0.4) is 0 Å². The molecular formula is C14H24N2S. The maximum Gasteiger partial charge on any atom is 0.0926 e. The van der Waals surface area contributed by atoms with Crippen molar-refractivity contribution in [1.82, 2.24) is 10.3 Å². The number of nitrogens with zero attached hydrogens (tertiary/aromatic N) is 1. The van der Waals surface area contributed by atoms with Crippen LogP contribution in [-0.4, -0.2) is 11.5 Å². The van der Waals surface area contributed by atoms with E-state index in [9.17, 15) is 0 Å². The number of rotatable bonds is 5. The van der Waals surface area contributed by atoms with Crippen molar-refractivity contribution in [3.63, 3.8) is 0 Å². The zero-order chi connectivity index (χ0) is 12.1. The molecule has 1 aliphatic rings. The van der Waals surface area contributed by atoms with Crippen LogP contribution in [0.1, 0.15) is 50.2 Å². The highest BCUT2D eigenvalue weighted by Gasteiger charge is 2.17. The molecule has 1 N–H and O–H groups in total. The van der Waals surface area contributed by atoms with E-state index in [1.807, 2.05) is 0 Å². The first-order valence-electron chi connectivity index (χ1n) is 6.92. The minimum Gasteiger partial charge on any atom is -0.311 e. The van der Waals surface area contributed by atoms with Gasteiger partial charge >= 0.3 is 0 Å². The summed E-state index contributed by atoms with van der Waals surface area (Å²) < 4.78 is 0. The van der Waals surface area contributed by atoms with Gasteiger partial charge in [0, 0.05) is 11.9 Å². The van der Waals surface area contributed by atoms with Crippen LogP contribution < -0.4 is 5.32 Å². The lowest BCUT2D eigenvalue weighted by atomic mass is 9.83. The Hall–Kier alpha value is -0.410. The molecule has 2 rings (SSSR count). The van der Waals surface area contributed by atoms with E-state index in [1.165, 1.54) is 42.9 Å². The molecule has 1 saturated carbocycles. The predicted molar refractivity (Wildman–Crippen MR) is 74.3 cm³/mol. The highest BCUT2D eigenvalue weighted by Crippen LogP contribution is 2.27. The van der Waals surface area contributed by atoms with Gasteiger partial charge in [-0.15, -0.1) is 11.3 Å². The van der Waals surface area contributed by atoms with E-state index in [4.69, 9.17) is 0 Å². The number of nitrogens with one attached hydrogen (secondary N) is 1. The molecule has 17 heavy (non-hydrogen) atoms. The third-order valence-corrected chi connectivity index (χ3v) is 4.82. The van der Waals surface area contributed by atoms with Gasteiger partial charge in [0.1, 0.15) is 0 Å². The fourth-order valence-corrected chi connectivity index (χ4v) is 3.27. The molecule has 0 saturated heterocycles. The van der Waals surface area contributed by atoms with Gasteiger partial charge in [0.25, 0.3) is 0 Å². The molecule has 0 unspecified atom stereocenters. The summed E-state index contributed by atoms with van der Waals surface area (Å²) in [5.41, 5.74) is 1.22. The standard InChI is InChI=1S/C14H24N2S/c1-3-14-16-13(10-17-14)9-15-8-12-6-4-11(2)5-7-12/h10-12,15H,3-9H2,1-2H3. The van der Waals surface area contributed by atoms with Crippen LogP contribution in [0.5, 0.6) is 0 Å². The molecule has 96 valence electrons. The van der Waals surface area contributed by atoms with Gasteiger partial charge in [0.2, 0.25) is 0 Å². The van der Waals surface area contributed by atoms with E-state index in [2.05, 4.69) is 29.5 Å². The van der Waals surface area contributed by atoms with Crippen LogP contribution >= 0.6 is 11.3 Å². The van der Waals surface area contributed by atoms with Gasteiger partial charge in [-0.25, -0.2) is 4.98 Å². The van der Waals surface area contributed by atoms with Crippen LogP contribution in [0.2, 0.25) is 0 Å². The van der Waals surface area contributed by atoms with E-state index in [1.54, 1.807) is 11.3 Å². The second kappa shape index (κ2) is 6.50. The molecule has 2 nitrogen and oxygen atoms in total. The fraction of sp³-hybridized carbons (Fsp3) is 0.786. The largest absolute Gasteiger partial charge is 0.311 e. The Bertz CT molecular complexity index is 327. The minimum atomic E-state index is 0.899. The molecule has 1 aromatic rings. The van der Waals surface area contributed by atoms with E-state index in [0.717, 1.165) is 24.8 Å². The van der Waals surface area contributed by atoms with Crippen molar-refractivity contribution < 1.29 is 0 Å². The lowest BCUT2D eigenvalue weighted by Crippen LogP contribution is -2.25. The van der Waals surface area contributed by atoms with E-state index in [0.29, 0.717) is 0 Å². The Morgan fingerprint density at radius 1 is 1.35 bits per heavy atom. The number of aryl methyl sites for hydroxylation is 1. The van der Waals surface area contributed by atoms with Crippen molar-refractivity contribution in [2.24, 2.45) is 11.8 Å². The van der Waals surface area contributed by atoms with Crippen LogP contribution in [0, 0.1) is 11.8 Å². The lowest BCUT2D eigenvalue weighted by Gasteiger charge is -2.26. The van der Waals surface area contributed by atoms with E-state index < -0.39 is 0 Å². The van der Waals surface area contributed by atoms with Gasteiger partial charge < -0.3 is 5.32 Å². The van der Waals surface area contributed by atoms with Gasteiger partial charge in [-0.3, -0.25) is 0 Å². The molecule has 1 aliphatic carbocycles. The first kappa shape index (κ1) is 13.0. The Kier molecular flexibility index (Phi) is 4.99. The van der Waals surface area contributed by atoms with Crippen molar-refractivity contribution in [2.45, 2.75) is 52.5 Å². The number of hydrogen-bond acceptors (Lipinski definition) is 3. The molecule has 0 aliphatic heterocycles. The number of aromatic nitrogens is 1. The topological polar surface area (TPSA) is 24.9 Å². The Morgan fingerprint density at radius 2 is 2.12 bits per heavy atom. The zero-order valence-corrected chi connectivity index (χ0v) is 11.9. The summed E-state index contributed by atoms with van der Waals surface area (Å²) in [6.07, 6.45) is 6.72. The van der Waals surface area contributed by atoms with Crippen LogP contribution in [0.4, 0.5) is 0 Å². The molecule has 1 fully saturated rings. The van der Waals surface area contributed by atoms with Crippen molar-refractivity contribution >= 4 is 11.3 Å². The molecule has 0 aromatic carbocycles. The fourth-order valence-electron chi connectivity index (χ4n) is 2.53. The molecule has 0 radical (unpaired) electrons. The monoisotopic (exact) mass is 252 g/mol. The van der Waals surface area contributed by atoms with Gasteiger partial charge in [-0.05, 0) is 37.6 Å². The smallest absolute Gasteiger partial charge is 0.0926 e.